The first kappa shape index (κ1) is 9.33. The minimum atomic E-state index is -0.337. The summed E-state index contributed by atoms with van der Waals surface area (Å²) in [5, 5.41) is 9.73. The Hall–Kier alpha value is -0.760. The highest BCUT2D eigenvalue weighted by Crippen LogP contribution is 2.28. The molecule has 1 atom stereocenters. The third-order valence-corrected chi connectivity index (χ3v) is 1.81. The van der Waals surface area contributed by atoms with Crippen LogP contribution in [0.5, 0.6) is 0 Å². The lowest BCUT2D eigenvalue weighted by atomic mass is 9.87. The maximum atomic E-state index is 9.73. The van der Waals surface area contributed by atoms with Crippen LogP contribution in [0.15, 0.2) is 18.5 Å². The first-order valence-electron chi connectivity index (χ1n) is 4.30. The van der Waals surface area contributed by atoms with Gasteiger partial charge in [-0.15, -0.1) is 0 Å². The van der Waals surface area contributed by atoms with Gasteiger partial charge in [0.2, 0.25) is 0 Å². The van der Waals surface area contributed by atoms with E-state index in [1.807, 2.05) is 18.5 Å². The van der Waals surface area contributed by atoms with E-state index in [4.69, 9.17) is 0 Å². The number of aliphatic hydroxyl groups excluding tert-OH is 1. The average molecular weight is 167 g/mol. The van der Waals surface area contributed by atoms with Crippen molar-refractivity contribution in [1.82, 2.24) is 4.98 Å². The van der Waals surface area contributed by atoms with Crippen molar-refractivity contribution >= 4 is 0 Å². The molecule has 0 aliphatic heterocycles. The van der Waals surface area contributed by atoms with Crippen molar-refractivity contribution in [1.29, 1.82) is 0 Å². The van der Waals surface area contributed by atoms with Crippen LogP contribution in [0.3, 0.4) is 0 Å². The van der Waals surface area contributed by atoms with Crippen LogP contribution in [0.4, 0.5) is 0 Å². The van der Waals surface area contributed by atoms with E-state index in [1.54, 1.807) is 0 Å². The summed E-state index contributed by atoms with van der Waals surface area (Å²) in [7, 11) is 0. The number of aliphatic hydroxyl groups is 1. The molecule has 0 aromatic carbocycles. The van der Waals surface area contributed by atoms with Crippen molar-refractivity contribution in [2.75, 3.05) is 0 Å². The molecule has 12 heavy (non-hydrogen) atoms. The van der Waals surface area contributed by atoms with Gasteiger partial charge in [0.05, 0.1) is 6.10 Å². The SMILES string of the molecule is CC(C)(C)CC(O)c1cc[nH]c1. The zero-order chi connectivity index (χ0) is 9.19. The second-order valence-electron chi connectivity index (χ2n) is 4.42. The van der Waals surface area contributed by atoms with Gasteiger partial charge in [-0.1, -0.05) is 20.8 Å². The van der Waals surface area contributed by atoms with E-state index >= 15 is 0 Å². The summed E-state index contributed by atoms with van der Waals surface area (Å²) >= 11 is 0. The van der Waals surface area contributed by atoms with Crippen molar-refractivity contribution in [3.63, 3.8) is 0 Å². The second kappa shape index (κ2) is 3.31. The van der Waals surface area contributed by atoms with Gasteiger partial charge in [-0.25, -0.2) is 0 Å². The molecule has 0 fully saturated rings. The maximum Gasteiger partial charge on any atom is 0.0809 e. The van der Waals surface area contributed by atoms with E-state index in [0.717, 1.165) is 12.0 Å². The summed E-state index contributed by atoms with van der Waals surface area (Å²) in [5.41, 5.74) is 1.15. The topological polar surface area (TPSA) is 36.0 Å². The van der Waals surface area contributed by atoms with Crippen LogP contribution in [0.25, 0.3) is 0 Å². The van der Waals surface area contributed by atoms with Gasteiger partial charge in [-0.3, -0.25) is 0 Å². The molecule has 2 N–H and O–H groups in total. The monoisotopic (exact) mass is 167 g/mol. The zero-order valence-electron chi connectivity index (χ0n) is 7.96. The molecule has 2 nitrogen and oxygen atoms in total. The van der Waals surface area contributed by atoms with E-state index in [9.17, 15) is 5.11 Å². The Morgan fingerprint density at radius 2 is 2.17 bits per heavy atom. The summed E-state index contributed by atoms with van der Waals surface area (Å²) in [5.74, 6) is 0. The number of hydrogen-bond donors (Lipinski definition) is 2. The summed E-state index contributed by atoms with van der Waals surface area (Å²) in [6.07, 6.45) is 4.14. The lowest BCUT2D eigenvalue weighted by Gasteiger charge is -2.21. The van der Waals surface area contributed by atoms with Crippen LogP contribution in [0.1, 0.15) is 38.9 Å². The van der Waals surface area contributed by atoms with Gasteiger partial charge < -0.3 is 10.1 Å². The van der Waals surface area contributed by atoms with Gasteiger partial charge in [0.25, 0.3) is 0 Å². The molecule has 0 amide bonds. The zero-order valence-corrected chi connectivity index (χ0v) is 7.96. The van der Waals surface area contributed by atoms with Crippen LogP contribution in [0.2, 0.25) is 0 Å². The molecular weight excluding hydrogens is 150 g/mol. The van der Waals surface area contributed by atoms with Crippen molar-refractivity contribution < 1.29 is 5.11 Å². The number of aromatic amines is 1. The number of H-pyrrole nitrogens is 1. The molecule has 1 unspecified atom stereocenters. The number of nitrogens with one attached hydrogen (secondary N) is 1. The van der Waals surface area contributed by atoms with Crippen molar-refractivity contribution in [3.8, 4) is 0 Å². The fourth-order valence-electron chi connectivity index (χ4n) is 1.24. The average Bonchev–Trinajstić information content (AvgIpc) is 2.32. The van der Waals surface area contributed by atoms with Gasteiger partial charge in [0, 0.05) is 12.4 Å². The molecule has 2 heteroatoms. The standard InChI is InChI=1S/C10H17NO/c1-10(2,3)6-9(12)8-4-5-11-7-8/h4-5,7,9,11-12H,6H2,1-3H3. The lowest BCUT2D eigenvalue weighted by Crippen LogP contribution is -2.10. The Bertz CT molecular complexity index is 220. The van der Waals surface area contributed by atoms with E-state index in [1.165, 1.54) is 0 Å². The molecule has 0 bridgehead atoms. The van der Waals surface area contributed by atoms with Crippen LogP contribution in [-0.4, -0.2) is 10.1 Å². The normalized spacial score (nSPS) is 14.7. The Morgan fingerprint density at radius 1 is 1.50 bits per heavy atom. The summed E-state index contributed by atoms with van der Waals surface area (Å²) in [6.45, 7) is 6.38. The second-order valence-corrected chi connectivity index (χ2v) is 4.42. The minimum absolute atomic E-state index is 0.177. The Morgan fingerprint density at radius 3 is 2.58 bits per heavy atom. The smallest absolute Gasteiger partial charge is 0.0809 e. The van der Waals surface area contributed by atoms with Crippen molar-refractivity contribution in [2.45, 2.75) is 33.3 Å². The summed E-state index contributed by atoms with van der Waals surface area (Å²) < 4.78 is 0. The molecule has 0 radical (unpaired) electrons. The first-order chi connectivity index (χ1) is 5.49. The third kappa shape index (κ3) is 2.70. The Labute approximate surface area is 73.6 Å². The Kier molecular flexibility index (Phi) is 2.58. The molecule has 1 aromatic heterocycles. The predicted molar refractivity (Wildman–Crippen MR) is 49.8 cm³/mol. The Balaban J connectivity index is 2.56. The molecular formula is C10H17NO. The first-order valence-corrected chi connectivity index (χ1v) is 4.30. The van der Waals surface area contributed by atoms with Crippen molar-refractivity contribution in [2.24, 2.45) is 5.41 Å². The number of aromatic nitrogens is 1. The molecule has 0 aliphatic carbocycles. The van der Waals surface area contributed by atoms with Crippen LogP contribution >= 0.6 is 0 Å². The molecule has 1 heterocycles. The van der Waals surface area contributed by atoms with Crippen LogP contribution < -0.4 is 0 Å². The van der Waals surface area contributed by atoms with Crippen LogP contribution in [0, 0.1) is 5.41 Å². The maximum absolute atomic E-state index is 9.73. The fraction of sp³-hybridized carbons (Fsp3) is 0.600. The molecule has 0 saturated heterocycles. The quantitative estimate of drug-likeness (QED) is 0.697. The minimum Gasteiger partial charge on any atom is -0.388 e. The van der Waals surface area contributed by atoms with Crippen molar-refractivity contribution in [3.05, 3.63) is 24.0 Å². The highest BCUT2D eigenvalue weighted by Gasteiger charge is 2.17. The molecule has 1 aromatic rings. The number of rotatable bonds is 2. The van der Waals surface area contributed by atoms with Gasteiger partial charge >= 0.3 is 0 Å². The highest BCUT2D eigenvalue weighted by molar-refractivity contribution is 5.11. The van der Waals surface area contributed by atoms with E-state index < -0.39 is 0 Å². The summed E-state index contributed by atoms with van der Waals surface area (Å²) in [6, 6.07) is 1.91. The molecule has 0 aliphatic rings. The van der Waals surface area contributed by atoms with Gasteiger partial charge in [0.1, 0.15) is 0 Å². The highest BCUT2D eigenvalue weighted by atomic mass is 16.3. The van der Waals surface area contributed by atoms with E-state index in [0.29, 0.717) is 0 Å². The van der Waals surface area contributed by atoms with Gasteiger partial charge in [-0.2, -0.15) is 0 Å². The summed E-state index contributed by atoms with van der Waals surface area (Å²) in [4.78, 5) is 2.94. The van der Waals surface area contributed by atoms with Gasteiger partial charge in [-0.05, 0) is 23.5 Å². The van der Waals surface area contributed by atoms with Crippen LogP contribution in [-0.2, 0) is 0 Å². The fourth-order valence-corrected chi connectivity index (χ4v) is 1.24. The van der Waals surface area contributed by atoms with Gasteiger partial charge in [0.15, 0.2) is 0 Å². The third-order valence-electron chi connectivity index (χ3n) is 1.81. The predicted octanol–water partition coefficient (Wildman–Crippen LogP) is 2.48. The van der Waals surface area contributed by atoms with E-state index in [-0.39, 0.29) is 11.5 Å². The molecule has 1 rings (SSSR count). The molecule has 68 valence electrons. The lowest BCUT2D eigenvalue weighted by molar-refractivity contribution is 0.122. The van der Waals surface area contributed by atoms with E-state index in [2.05, 4.69) is 25.8 Å². The molecule has 0 spiro atoms. The number of hydrogen-bond acceptors (Lipinski definition) is 1. The molecule has 0 saturated carbocycles. The largest absolute Gasteiger partial charge is 0.388 e.